The standard InChI is InChI=1S/C18H18N2O.ClH/c1-12-6-4-9-16-17(10-13(2)19-18(12)16)20-14-7-5-8-15(11-14)21-3;/h4-11H,1-3H3,(H,19,20);1H/p-1. The number of aromatic nitrogens is 1. The molecular formula is C18H18ClN2O-. The summed E-state index contributed by atoms with van der Waals surface area (Å²) in [6.45, 7) is 4.10. The maximum atomic E-state index is 5.27. The number of hydrogen-bond donors (Lipinski definition) is 1. The van der Waals surface area contributed by atoms with Crippen LogP contribution >= 0.6 is 0 Å². The van der Waals surface area contributed by atoms with Gasteiger partial charge in [-0.1, -0.05) is 24.3 Å². The summed E-state index contributed by atoms with van der Waals surface area (Å²) in [7, 11) is 1.68. The quantitative estimate of drug-likeness (QED) is 0.798. The number of methoxy groups -OCH3 is 1. The molecule has 114 valence electrons. The van der Waals surface area contributed by atoms with E-state index in [0.29, 0.717) is 0 Å². The van der Waals surface area contributed by atoms with Crippen LogP contribution in [0.1, 0.15) is 11.3 Å². The Hall–Kier alpha value is -2.26. The average molecular weight is 314 g/mol. The minimum atomic E-state index is 0. The van der Waals surface area contributed by atoms with E-state index in [1.807, 2.05) is 31.2 Å². The van der Waals surface area contributed by atoms with E-state index in [0.717, 1.165) is 33.7 Å². The molecule has 0 spiro atoms. The molecule has 0 aliphatic carbocycles. The first-order valence-corrected chi connectivity index (χ1v) is 6.95. The van der Waals surface area contributed by atoms with Crippen molar-refractivity contribution < 1.29 is 17.1 Å². The average Bonchev–Trinajstić information content (AvgIpc) is 2.48. The summed E-state index contributed by atoms with van der Waals surface area (Å²) >= 11 is 0. The minimum absolute atomic E-state index is 0. The van der Waals surface area contributed by atoms with Crippen LogP contribution in [0.2, 0.25) is 0 Å². The van der Waals surface area contributed by atoms with Crippen molar-refractivity contribution in [3.05, 3.63) is 59.8 Å². The van der Waals surface area contributed by atoms with E-state index in [4.69, 9.17) is 4.74 Å². The van der Waals surface area contributed by atoms with Crippen LogP contribution in [0.3, 0.4) is 0 Å². The van der Waals surface area contributed by atoms with Gasteiger partial charge in [-0.2, -0.15) is 0 Å². The number of aryl methyl sites for hydroxylation is 2. The van der Waals surface area contributed by atoms with Gasteiger partial charge < -0.3 is 22.5 Å². The Kier molecular flexibility index (Phi) is 4.88. The van der Waals surface area contributed by atoms with Gasteiger partial charge in [0.05, 0.1) is 12.6 Å². The lowest BCUT2D eigenvalue weighted by atomic mass is 10.1. The van der Waals surface area contributed by atoms with Crippen molar-refractivity contribution in [2.75, 3.05) is 12.4 Å². The molecule has 1 N–H and O–H groups in total. The Balaban J connectivity index is 0.00000176. The van der Waals surface area contributed by atoms with E-state index in [9.17, 15) is 0 Å². The molecule has 0 radical (unpaired) electrons. The lowest BCUT2D eigenvalue weighted by molar-refractivity contribution is -0.00000471. The molecule has 0 unspecified atom stereocenters. The van der Waals surface area contributed by atoms with Gasteiger partial charge in [0.15, 0.2) is 0 Å². The molecule has 0 amide bonds. The van der Waals surface area contributed by atoms with Gasteiger partial charge in [0.1, 0.15) is 5.75 Å². The summed E-state index contributed by atoms with van der Waals surface area (Å²) in [6, 6.07) is 16.2. The molecule has 0 atom stereocenters. The summed E-state index contributed by atoms with van der Waals surface area (Å²) in [6.07, 6.45) is 0. The fraction of sp³-hybridized carbons (Fsp3) is 0.167. The van der Waals surface area contributed by atoms with Gasteiger partial charge in [0, 0.05) is 28.5 Å². The van der Waals surface area contributed by atoms with Gasteiger partial charge in [-0.05, 0) is 37.6 Å². The number of para-hydroxylation sites is 1. The normalized spacial score (nSPS) is 10.1. The molecule has 0 aliphatic heterocycles. The lowest BCUT2D eigenvalue weighted by Crippen LogP contribution is -3.00. The van der Waals surface area contributed by atoms with Crippen LogP contribution in [0.5, 0.6) is 5.75 Å². The maximum absolute atomic E-state index is 5.27. The van der Waals surface area contributed by atoms with Gasteiger partial charge in [-0.15, -0.1) is 0 Å². The van der Waals surface area contributed by atoms with Crippen LogP contribution in [0.25, 0.3) is 10.9 Å². The third kappa shape index (κ3) is 3.15. The SMILES string of the molecule is COc1cccc(Nc2cc(C)nc3c(C)cccc23)c1.[Cl-]. The van der Waals surface area contributed by atoms with E-state index >= 15 is 0 Å². The van der Waals surface area contributed by atoms with Crippen molar-refractivity contribution in [3.63, 3.8) is 0 Å². The van der Waals surface area contributed by atoms with Crippen molar-refractivity contribution in [1.82, 2.24) is 4.98 Å². The highest BCUT2D eigenvalue weighted by Crippen LogP contribution is 2.29. The molecule has 0 saturated carbocycles. The molecule has 4 heteroatoms. The zero-order valence-electron chi connectivity index (χ0n) is 12.9. The second kappa shape index (κ2) is 6.67. The summed E-state index contributed by atoms with van der Waals surface area (Å²) in [5.74, 6) is 0.839. The zero-order valence-corrected chi connectivity index (χ0v) is 13.6. The predicted octanol–water partition coefficient (Wildman–Crippen LogP) is 1.61. The van der Waals surface area contributed by atoms with Crippen molar-refractivity contribution in [1.29, 1.82) is 0 Å². The number of anilines is 2. The maximum Gasteiger partial charge on any atom is 0.120 e. The lowest BCUT2D eigenvalue weighted by Gasteiger charge is -2.12. The molecule has 1 heterocycles. The van der Waals surface area contributed by atoms with Crippen LogP contribution in [-0.4, -0.2) is 12.1 Å². The van der Waals surface area contributed by atoms with Crippen LogP contribution in [0.4, 0.5) is 11.4 Å². The molecule has 0 fully saturated rings. The summed E-state index contributed by atoms with van der Waals surface area (Å²) in [4.78, 5) is 4.65. The Morgan fingerprint density at radius 2 is 1.77 bits per heavy atom. The van der Waals surface area contributed by atoms with Crippen LogP contribution in [-0.2, 0) is 0 Å². The molecule has 0 saturated heterocycles. The minimum Gasteiger partial charge on any atom is -1.00 e. The van der Waals surface area contributed by atoms with Crippen LogP contribution in [0.15, 0.2) is 48.5 Å². The number of pyridine rings is 1. The molecular weight excluding hydrogens is 296 g/mol. The fourth-order valence-corrected chi connectivity index (χ4v) is 2.48. The van der Waals surface area contributed by atoms with Gasteiger partial charge in [-0.25, -0.2) is 0 Å². The van der Waals surface area contributed by atoms with Gasteiger partial charge in [0.2, 0.25) is 0 Å². The van der Waals surface area contributed by atoms with E-state index in [1.165, 1.54) is 5.56 Å². The summed E-state index contributed by atoms with van der Waals surface area (Å²) in [5, 5.41) is 4.60. The Morgan fingerprint density at radius 3 is 2.55 bits per heavy atom. The number of nitrogens with zero attached hydrogens (tertiary/aromatic N) is 1. The molecule has 0 aliphatic rings. The summed E-state index contributed by atoms with van der Waals surface area (Å²) in [5.41, 5.74) is 5.30. The topological polar surface area (TPSA) is 34.1 Å². The monoisotopic (exact) mass is 313 g/mol. The third-order valence-electron chi connectivity index (χ3n) is 3.52. The second-order valence-electron chi connectivity index (χ2n) is 5.14. The molecule has 3 rings (SSSR count). The number of hydrogen-bond acceptors (Lipinski definition) is 3. The van der Waals surface area contributed by atoms with Crippen molar-refractivity contribution >= 4 is 22.3 Å². The smallest absolute Gasteiger partial charge is 0.120 e. The number of ether oxygens (including phenoxy) is 1. The highest BCUT2D eigenvalue weighted by atomic mass is 35.5. The van der Waals surface area contributed by atoms with E-state index in [2.05, 4.69) is 41.5 Å². The molecule has 3 nitrogen and oxygen atoms in total. The summed E-state index contributed by atoms with van der Waals surface area (Å²) < 4.78 is 5.27. The fourth-order valence-electron chi connectivity index (χ4n) is 2.48. The highest BCUT2D eigenvalue weighted by Gasteiger charge is 2.06. The van der Waals surface area contributed by atoms with Gasteiger partial charge >= 0.3 is 0 Å². The van der Waals surface area contributed by atoms with Crippen molar-refractivity contribution in [3.8, 4) is 5.75 Å². The first-order valence-electron chi connectivity index (χ1n) is 6.95. The predicted molar refractivity (Wildman–Crippen MR) is 87.5 cm³/mol. The Labute approximate surface area is 136 Å². The van der Waals surface area contributed by atoms with Gasteiger partial charge in [0.25, 0.3) is 0 Å². The first kappa shape index (κ1) is 16.1. The number of benzene rings is 2. The molecule has 22 heavy (non-hydrogen) atoms. The molecule has 1 aromatic heterocycles. The third-order valence-corrected chi connectivity index (χ3v) is 3.52. The zero-order chi connectivity index (χ0) is 14.8. The number of fused-ring (bicyclic) bond motifs is 1. The Bertz CT molecular complexity index is 802. The van der Waals surface area contributed by atoms with Crippen molar-refractivity contribution in [2.24, 2.45) is 0 Å². The van der Waals surface area contributed by atoms with Crippen molar-refractivity contribution in [2.45, 2.75) is 13.8 Å². The number of nitrogens with one attached hydrogen (secondary N) is 1. The Morgan fingerprint density at radius 1 is 1.00 bits per heavy atom. The first-order chi connectivity index (χ1) is 10.2. The van der Waals surface area contributed by atoms with E-state index in [1.54, 1.807) is 7.11 Å². The number of rotatable bonds is 3. The highest BCUT2D eigenvalue weighted by molar-refractivity contribution is 5.94. The second-order valence-corrected chi connectivity index (χ2v) is 5.14. The molecule has 3 aromatic rings. The van der Waals surface area contributed by atoms with Gasteiger partial charge in [-0.3, -0.25) is 4.98 Å². The van der Waals surface area contributed by atoms with Crippen LogP contribution in [0, 0.1) is 13.8 Å². The number of halogens is 1. The molecule has 0 bridgehead atoms. The van der Waals surface area contributed by atoms with E-state index < -0.39 is 0 Å². The van der Waals surface area contributed by atoms with E-state index in [-0.39, 0.29) is 12.4 Å². The van der Waals surface area contributed by atoms with Crippen LogP contribution < -0.4 is 22.5 Å². The molecule has 2 aromatic carbocycles. The largest absolute Gasteiger partial charge is 1.00 e.